The van der Waals surface area contributed by atoms with Gasteiger partial charge in [-0.15, -0.1) is 0 Å². The lowest BCUT2D eigenvalue weighted by molar-refractivity contribution is -0.148. The Bertz CT molecular complexity index is 1180. The SMILES string of the molecule is CCc1c2c(nc3ccccc13)-c1cc3c(c(=O)n1C2)COC(=O)C(C)C3. The molecule has 2 aromatic heterocycles. The third-order valence-corrected chi connectivity index (χ3v) is 5.80. The molecule has 5 nitrogen and oxygen atoms in total. The number of hydrogen-bond donors (Lipinski definition) is 0. The normalized spacial score (nSPS) is 17.9. The Kier molecular flexibility index (Phi) is 3.47. The van der Waals surface area contributed by atoms with Crippen molar-refractivity contribution in [2.45, 2.75) is 39.8 Å². The van der Waals surface area contributed by atoms with E-state index < -0.39 is 0 Å². The van der Waals surface area contributed by atoms with Crippen LogP contribution in [0.1, 0.15) is 36.1 Å². The second-order valence-electron chi connectivity index (χ2n) is 7.43. The lowest BCUT2D eigenvalue weighted by Crippen LogP contribution is -2.25. The summed E-state index contributed by atoms with van der Waals surface area (Å²) >= 11 is 0. The molecule has 0 radical (unpaired) electrons. The van der Waals surface area contributed by atoms with Crippen molar-refractivity contribution >= 4 is 16.9 Å². The lowest BCUT2D eigenvalue weighted by atomic mass is 9.97. The van der Waals surface area contributed by atoms with E-state index in [1.54, 1.807) is 4.57 Å². The van der Waals surface area contributed by atoms with Crippen LogP contribution in [0.4, 0.5) is 0 Å². The lowest BCUT2D eigenvalue weighted by Gasteiger charge is -2.11. The van der Waals surface area contributed by atoms with E-state index in [4.69, 9.17) is 9.72 Å². The summed E-state index contributed by atoms with van der Waals surface area (Å²) in [5.41, 5.74) is 6.55. The van der Waals surface area contributed by atoms with Crippen LogP contribution in [0, 0.1) is 5.92 Å². The molecule has 1 aromatic carbocycles. The number of rotatable bonds is 1. The van der Waals surface area contributed by atoms with Crippen molar-refractivity contribution in [2.24, 2.45) is 5.92 Å². The third kappa shape index (κ3) is 2.27. The quantitative estimate of drug-likeness (QED) is 0.489. The van der Waals surface area contributed by atoms with Crippen molar-refractivity contribution in [3.05, 3.63) is 62.9 Å². The molecule has 0 spiro atoms. The molecule has 0 bridgehead atoms. The minimum Gasteiger partial charge on any atom is -0.460 e. The number of pyridine rings is 2. The van der Waals surface area contributed by atoms with E-state index in [2.05, 4.69) is 13.0 Å². The number of esters is 1. The first-order valence-corrected chi connectivity index (χ1v) is 9.41. The average Bonchev–Trinajstić information content (AvgIpc) is 2.96. The summed E-state index contributed by atoms with van der Waals surface area (Å²) in [6.07, 6.45) is 1.42. The number of aryl methyl sites for hydroxylation is 1. The molecule has 0 saturated heterocycles. The number of para-hydroxylation sites is 1. The maximum Gasteiger partial charge on any atom is 0.309 e. The van der Waals surface area contributed by atoms with Gasteiger partial charge in [0.15, 0.2) is 0 Å². The summed E-state index contributed by atoms with van der Waals surface area (Å²) < 4.78 is 7.09. The van der Waals surface area contributed by atoms with Gasteiger partial charge >= 0.3 is 5.97 Å². The third-order valence-electron chi connectivity index (χ3n) is 5.80. The van der Waals surface area contributed by atoms with Gasteiger partial charge in [-0.2, -0.15) is 0 Å². The van der Waals surface area contributed by atoms with Gasteiger partial charge in [-0.1, -0.05) is 32.0 Å². The number of carbonyl (C=O) groups is 1. The minimum absolute atomic E-state index is 0.0595. The summed E-state index contributed by atoms with van der Waals surface area (Å²) in [6, 6.07) is 10.2. The van der Waals surface area contributed by atoms with Crippen LogP contribution in [0.3, 0.4) is 0 Å². The first-order chi connectivity index (χ1) is 13.1. The zero-order chi connectivity index (χ0) is 18.7. The van der Waals surface area contributed by atoms with Crippen molar-refractivity contribution in [1.82, 2.24) is 9.55 Å². The largest absolute Gasteiger partial charge is 0.460 e. The van der Waals surface area contributed by atoms with Crippen molar-refractivity contribution < 1.29 is 9.53 Å². The van der Waals surface area contributed by atoms with E-state index in [9.17, 15) is 9.59 Å². The van der Waals surface area contributed by atoms with Crippen LogP contribution in [0.15, 0.2) is 35.1 Å². The Morgan fingerprint density at radius 3 is 2.85 bits per heavy atom. The first kappa shape index (κ1) is 16.2. The molecule has 0 saturated carbocycles. The number of nitrogens with zero attached hydrogens (tertiary/aromatic N) is 2. The number of ether oxygens (including phenoxy) is 1. The Balaban J connectivity index is 1.78. The molecule has 4 heterocycles. The van der Waals surface area contributed by atoms with Gasteiger partial charge in [-0.05, 0) is 36.1 Å². The molecule has 3 aromatic rings. The fourth-order valence-corrected chi connectivity index (χ4v) is 4.39. The topological polar surface area (TPSA) is 61.2 Å². The second kappa shape index (κ2) is 5.78. The Hall–Kier alpha value is -2.95. The number of aromatic nitrogens is 2. The highest BCUT2D eigenvalue weighted by molar-refractivity contribution is 5.88. The van der Waals surface area contributed by atoms with E-state index in [1.807, 2.05) is 31.2 Å². The van der Waals surface area contributed by atoms with Crippen molar-refractivity contribution in [3.8, 4) is 11.4 Å². The van der Waals surface area contributed by atoms with Crippen LogP contribution >= 0.6 is 0 Å². The molecule has 0 aliphatic carbocycles. The van der Waals surface area contributed by atoms with E-state index in [0.717, 1.165) is 39.8 Å². The summed E-state index contributed by atoms with van der Waals surface area (Å²) in [6.45, 7) is 4.58. The molecule has 2 aliphatic rings. The highest BCUT2D eigenvalue weighted by Crippen LogP contribution is 2.36. The van der Waals surface area contributed by atoms with Gasteiger partial charge in [0, 0.05) is 10.9 Å². The molecular weight excluding hydrogens is 340 g/mol. The van der Waals surface area contributed by atoms with Crippen LogP contribution in [-0.2, 0) is 35.5 Å². The van der Waals surface area contributed by atoms with Crippen LogP contribution in [0.25, 0.3) is 22.3 Å². The van der Waals surface area contributed by atoms with E-state index in [-0.39, 0.29) is 24.1 Å². The number of hydrogen-bond acceptors (Lipinski definition) is 4. The summed E-state index contributed by atoms with van der Waals surface area (Å²) in [5.74, 6) is -0.487. The molecular formula is C22H20N2O3. The molecule has 136 valence electrons. The molecule has 1 unspecified atom stereocenters. The van der Waals surface area contributed by atoms with E-state index in [1.165, 1.54) is 5.56 Å². The Morgan fingerprint density at radius 1 is 1.22 bits per heavy atom. The summed E-state index contributed by atoms with van der Waals surface area (Å²) in [5, 5.41) is 1.16. The molecule has 0 fully saturated rings. The second-order valence-corrected chi connectivity index (χ2v) is 7.43. The minimum atomic E-state index is -0.245. The predicted octanol–water partition coefficient (Wildman–Crippen LogP) is 3.22. The van der Waals surface area contributed by atoms with Crippen molar-refractivity contribution in [1.29, 1.82) is 0 Å². The molecule has 5 rings (SSSR count). The van der Waals surface area contributed by atoms with Gasteiger partial charge in [0.2, 0.25) is 0 Å². The molecule has 0 N–H and O–H groups in total. The Morgan fingerprint density at radius 2 is 2.04 bits per heavy atom. The zero-order valence-corrected chi connectivity index (χ0v) is 15.4. The van der Waals surface area contributed by atoms with Gasteiger partial charge in [0.05, 0.1) is 34.9 Å². The first-order valence-electron chi connectivity index (χ1n) is 9.41. The maximum atomic E-state index is 13.2. The smallest absolute Gasteiger partial charge is 0.309 e. The molecule has 0 amide bonds. The zero-order valence-electron chi connectivity index (χ0n) is 15.4. The average molecular weight is 360 g/mol. The number of benzene rings is 1. The van der Waals surface area contributed by atoms with Crippen LogP contribution < -0.4 is 5.56 Å². The van der Waals surface area contributed by atoms with Gasteiger partial charge in [-0.3, -0.25) is 9.59 Å². The molecule has 5 heteroatoms. The number of carbonyl (C=O) groups excluding carboxylic acids is 1. The van der Waals surface area contributed by atoms with Gasteiger partial charge in [0.1, 0.15) is 6.61 Å². The van der Waals surface area contributed by atoms with Gasteiger partial charge in [-0.25, -0.2) is 4.98 Å². The summed E-state index contributed by atoms with van der Waals surface area (Å²) in [4.78, 5) is 30.0. The van der Waals surface area contributed by atoms with Crippen molar-refractivity contribution in [2.75, 3.05) is 0 Å². The van der Waals surface area contributed by atoms with Gasteiger partial charge in [0.25, 0.3) is 5.56 Å². The molecule has 2 aliphatic heterocycles. The maximum absolute atomic E-state index is 13.2. The van der Waals surface area contributed by atoms with Crippen molar-refractivity contribution in [3.63, 3.8) is 0 Å². The molecule has 1 atom stereocenters. The van der Waals surface area contributed by atoms with Crippen LogP contribution in [0.5, 0.6) is 0 Å². The van der Waals surface area contributed by atoms with Gasteiger partial charge < -0.3 is 9.30 Å². The monoisotopic (exact) mass is 360 g/mol. The highest BCUT2D eigenvalue weighted by atomic mass is 16.5. The fourth-order valence-electron chi connectivity index (χ4n) is 4.39. The number of fused-ring (bicyclic) bond motifs is 5. The highest BCUT2D eigenvalue weighted by Gasteiger charge is 2.30. The van der Waals surface area contributed by atoms with E-state index in [0.29, 0.717) is 18.5 Å². The van der Waals surface area contributed by atoms with Crippen LogP contribution in [0.2, 0.25) is 0 Å². The summed E-state index contributed by atoms with van der Waals surface area (Å²) in [7, 11) is 0. The Labute approximate surface area is 156 Å². The molecule has 27 heavy (non-hydrogen) atoms. The van der Waals surface area contributed by atoms with E-state index >= 15 is 0 Å². The standard InChI is InChI=1S/C22H20N2O3/c1-3-14-15-6-4-5-7-18(15)23-20-16(14)10-24-19(20)9-13-8-12(2)22(26)27-11-17(13)21(24)25/h4-7,9,12H,3,8,10-11H2,1-2H3. The predicted molar refractivity (Wildman–Crippen MR) is 103 cm³/mol. The number of cyclic esters (lactones) is 1. The fraction of sp³-hybridized carbons (Fsp3) is 0.318. The van der Waals surface area contributed by atoms with Crippen LogP contribution in [-0.4, -0.2) is 15.5 Å².